The van der Waals surface area contributed by atoms with Crippen molar-refractivity contribution in [1.82, 2.24) is 0 Å². The Bertz CT molecular complexity index is 354. The summed E-state index contributed by atoms with van der Waals surface area (Å²) in [6, 6.07) is 2.89. The monoisotopic (exact) mass is 245 g/mol. The summed E-state index contributed by atoms with van der Waals surface area (Å²) in [6.45, 7) is 0. The van der Waals surface area contributed by atoms with Gasteiger partial charge < -0.3 is 5.73 Å². The van der Waals surface area contributed by atoms with Crippen LogP contribution in [0, 0.1) is 11.3 Å². The summed E-state index contributed by atoms with van der Waals surface area (Å²) in [5.74, 6) is 0. The molecule has 1 heterocycles. The maximum atomic E-state index is 10.4. The number of nitrogens with two attached hydrogens (primary N) is 1. The van der Waals surface area contributed by atoms with Crippen molar-refractivity contribution in [3.05, 3.63) is 15.4 Å². The molecule has 1 rings (SSSR count). The number of thiophene rings is 1. The molecule has 1 aromatic heterocycles. The molecule has 62 valence electrons. The first-order chi connectivity index (χ1) is 5.63. The summed E-state index contributed by atoms with van der Waals surface area (Å²) < 4.78 is 0.780. The molecular formula is C6H4BrN3OS. The van der Waals surface area contributed by atoms with Crippen LogP contribution in [-0.4, -0.2) is 6.03 Å². The molecule has 0 fully saturated rings. The number of hydrogen-bond donors (Lipinski definition) is 2. The molecule has 0 aliphatic carbocycles. The van der Waals surface area contributed by atoms with Crippen molar-refractivity contribution in [3.8, 4) is 6.07 Å². The molecule has 0 bridgehead atoms. The van der Waals surface area contributed by atoms with Crippen molar-refractivity contribution in [1.29, 1.82) is 5.26 Å². The molecule has 6 heteroatoms. The van der Waals surface area contributed by atoms with E-state index in [0.717, 1.165) is 3.79 Å². The molecule has 4 nitrogen and oxygen atoms in total. The van der Waals surface area contributed by atoms with Gasteiger partial charge in [-0.1, -0.05) is 0 Å². The number of hydrogen-bond acceptors (Lipinski definition) is 3. The smallest absolute Gasteiger partial charge is 0.317 e. The topological polar surface area (TPSA) is 78.9 Å². The lowest BCUT2D eigenvalue weighted by molar-refractivity contribution is 0.259. The zero-order valence-electron chi connectivity index (χ0n) is 5.80. The molecule has 0 saturated carbocycles. The van der Waals surface area contributed by atoms with Crippen LogP contribution in [0.15, 0.2) is 9.85 Å². The van der Waals surface area contributed by atoms with Crippen molar-refractivity contribution in [3.63, 3.8) is 0 Å². The van der Waals surface area contributed by atoms with Crippen LogP contribution in [0.25, 0.3) is 0 Å². The number of nitrogens with zero attached hydrogens (tertiary/aromatic N) is 1. The van der Waals surface area contributed by atoms with Gasteiger partial charge in [0.25, 0.3) is 0 Å². The fourth-order valence-electron chi connectivity index (χ4n) is 0.649. The minimum atomic E-state index is -0.666. The summed E-state index contributed by atoms with van der Waals surface area (Å²) in [5.41, 5.74) is 5.30. The third kappa shape index (κ3) is 1.96. The van der Waals surface area contributed by atoms with Crippen LogP contribution in [0.2, 0.25) is 0 Å². The SMILES string of the molecule is N#Cc1cc(Br)sc1NC(N)=O. The van der Waals surface area contributed by atoms with Crippen molar-refractivity contribution in [2.45, 2.75) is 0 Å². The van der Waals surface area contributed by atoms with E-state index in [-0.39, 0.29) is 0 Å². The zero-order valence-corrected chi connectivity index (χ0v) is 8.20. The molecule has 12 heavy (non-hydrogen) atoms. The Morgan fingerprint density at radius 3 is 3.00 bits per heavy atom. The molecule has 0 aromatic carbocycles. The standard InChI is InChI=1S/C6H4BrN3OS/c7-4-1-3(2-8)5(12-4)10-6(9)11/h1H,(H3,9,10,11). The highest BCUT2D eigenvalue weighted by Crippen LogP contribution is 2.31. The minimum absolute atomic E-state index is 0.408. The highest BCUT2D eigenvalue weighted by molar-refractivity contribution is 9.11. The lowest BCUT2D eigenvalue weighted by atomic mass is 10.3. The van der Waals surface area contributed by atoms with Gasteiger partial charge in [0.05, 0.1) is 9.35 Å². The second-order valence-electron chi connectivity index (χ2n) is 1.89. The summed E-state index contributed by atoms with van der Waals surface area (Å²) >= 11 is 4.44. The van der Waals surface area contributed by atoms with Crippen LogP contribution in [-0.2, 0) is 0 Å². The number of amides is 2. The molecule has 1 aromatic rings. The first-order valence-corrected chi connectivity index (χ1v) is 4.50. The number of nitriles is 1. The number of rotatable bonds is 1. The van der Waals surface area contributed by atoms with E-state index in [4.69, 9.17) is 11.0 Å². The van der Waals surface area contributed by atoms with Gasteiger partial charge in [-0.05, 0) is 22.0 Å². The normalized spacial score (nSPS) is 9.00. The summed E-state index contributed by atoms with van der Waals surface area (Å²) in [4.78, 5) is 10.4. The van der Waals surface area contributed by atoms with Gasteiger partial charge in [0.1, 0.15) is 11.1 Å². The van der Waals surface area contributed by atoms with Gasteiger partial charge >= 0.3 is 6.03 Å². The van der Waals surface area contributed by atoms with Gasteiger partial charge in [-0.2, -0.15) is 5.26 Å². The summed E-state index contributed by atoms with van der Waals surface area (Å²) in [6.07, 6.45) is 0. The van der Waals surface area contributed by atoms with Gasteiger partial charge in [-0.15, -0.1) is 11.3 Å². The van der Waals surface area contributed by atoms with E-state index in [9.17, 15) is 4.79 Å². The Morgan fingerprint density at radius 1 is 1.83 bits per heavy atom. The van der Waals surface area contributed by atoms with Crippen LogP contribution in [0.5, 0.6) is 0 Å². The van der Waals surface area contributed by atoms with E-state index in [2.05, 4.69) is 21.2 Å². The van der Waals surface area contributed by atoms with Crippen molar-refractivity contribution >= 4 is 38.3 Å². The quantitative estimate of drug-likeness (QED) is 0.793. The van der Waals surface area contributed by atoms with E-state index in [1.807, 2.05) is 6.07 Å². The highest BCUT2D eigenvalue weighted by atomic mass is 79.9. The van der Waals surface area contributed by atoms with Gasteiger partial charge in [0.15, 0.2) is 0 Å². The predicted octanol–water partition coefficient (Wildman–Crippen LogP) is 1.87. The van der Waals surface area contributed by atoms with Gasteiger partial charge in [0.2, 0.25) is 0 Å². The fourth-order valence-corrected chi connectivity index (χ4v) is 2.10. The van der Waals surface area contributed by atoms with E-state index in [1.165, 1.54) is 11.3 Å². The first kappa shape index (κ1) is 9.03. The number of nitrogens with one attached hydrogen (secondary N) is 1. The third-order valence-corrected chi connectivity index (χ3v) is 2.61. The molecule has 0 unspecified atom stereocenters. The Balaban J connectivity index is 2.99. The Labute approximate surface area is 81.1 Å². The average Bonchev–Trinajstić information content (AvgIpc) is 2.29. The Kier molecular flexibility index (Phi) is 2.68. The van der Waals surface area contributed by atoms with Crippen LogP contribution >= 0.6 is 27.3 Å². The fraction of sp³-hybridized carbons (Fsp3) is 0. The molecule has 0 saturated heterocycles. The molecule has 0 atom stereocenters. The maximum absolute atomic E-state index is 10.4. The lowest BCUT2D eigenvalue weighted by Crippen LogP contribution is -2.18. The average molecular weight is 246 g/mol. The van der Waals surface area contributed by atoms with Crippen LogP contribution in [0.3, 0.4) is 0 Å². The van der Waals surface area contributed by atoms with Gasteiger partial charge in [-0.25, -0.2) is 4.79 Å². The Morgan fingerprint density at radius 2 is 2.50 bits per heavy atom. The number of carbonyl (C=O) groups is 1. The van der Waals surface area contributed by atoms with Crippen molar-refractivity contribution in [2.24, 2.45) is 5.73 Å². The number of halogens is 1. The minimum Gasteiger partial charge on any atom is -0.351 e. The molecule has 0 spiro atoms. The molecule has 0 radical (unpaired) electrons. The Hall–Kier alpha value is -1.06. The van der Waals surface area contributed by atoms with Crippen molar-refractivity contribution < 1.29 is 4.79 Å². The van der Waals surface area contributed by atoms with E-state index in [0.29, 0.717) is 10.6 Å². The van der Waals surface area contributed by atoms with E-state index in [1.54, 1.807) is 6.07 Å². The summed E-state index contributed by atoms with van der Waals surface area (Å²) in [5, 5.41) is 11.4. The van der Waals surface area contributed by atoms with Crippen molar-refractivity contribution in [2.75, 3.05) is 5.32 Å². The second-order valence-corrected chi connectivity index (χ2v) is 4.33. The summed E-state index contributed by atoms with van der Waals surface area (Å²) in [7, 11) is 0. The number of carbonyl (C=O) groups excluding carboxylic acids is 1. The highest BCUT2D eigenvalue weighted by Gasteiger charge is 2.07. The molecule has 2 amide bonds. The third-order valence-electron chi connectivity index (χ3n) is 1.06. The zero-order chi connectivity index (χ0) is 9.14. The van der Waals surface area contributed by atoms with Crippen LogP contribution in [0.1, 0.15) is 5.56 Å². The van der Waals surface area contributed by atoms with Crippen LogP contribution < -0.4 is 11.1 Å². The van der Waals surface area contributed by atoms with Gasteiger partial charge in [-0.3, -0.25) is 5.32 Å². The van der Waals surface area contributed by atoms with Crippen LogP contribution in [0.4, 0.5) is 9.80 Å². The van der Waals surface area contributed by atoms with E-state index >= 15 is 0 Å². The van der Waals surface area contributed by atoms with Gasteiger partial charge in [0, 0.05) is 0 Å². The lowest BCUT2D eigenvalue weighted by Gasteiger charge is -1.95. The number of primary amides is 1. The molecule has 3 N–H and O–H groups in total. The molecule has 0 aliphatic heterocycles. The first-order valence-electron chi connectivity index (χ1n) is 2.89. The molecule has 0 aliphatic rings. The second kappa shape index (κ2) is 3.56. The number of urea groups is 1. The number of anilines is 1. The predicted molar refractivity (Wildman–Crippen MR) is 49.9 cm³/mol. The molecular weight excluding hydrogens is 242 g/mol. The van der Waals surface area contributed by atoms with E-state index < -0.39 is 6.03 Å². The maximum Gasteiger partial charge on any atom is 0.317 e. The largest absolute Gasteiger partial charge is 0.351 e.